The Morgan fingerprint density at radius 3 is 0.845 bits per heavy atom. The van der Waals surface area contributed by atoms with Gasteiger partial charge in [0.2, 0.25) is 0 Å². The van der Waals surface area contributed by atoms with E-state index in [0.29, 0.717) is 31.6 Å². The van der Waals surface area contributed by atoms with Gasteiger partial charge in [-0.2, -0.15) is 0 Å². The summed E-state index contributed by atoms with van der Waals surface area (Å²) in [5, 5.41) is 10.5. The zero-order chi connectivity index (χ0) is 62.5. The first-order valence-corrected chi connectivity index (χ1v) is 36.7. The molecule has 0 amide bonds. The molecule has 17 nitrogen and oxygen atoms in total. The maximum atomic E-state index is 13.0. The molecule has 0 aromatic heterocycles. The molecule has 0 aliphatic rings. The molecule has 0 aromatic rings. The van der Waals surface area contributed by atoms with Crippen LogP contribution < -0.4 is 0 Å². The quantitative estimate of drug-likeness (QED) is 0.0222. The molecule has 0 fully saturated rings. The number of ether oxygens (including phenoxy) is 4. The van der Waals surface area contributed by atoms with Gasteiger partial charge in [0, 0.05) is 25.7 Å². The molecule has 498 valence electrons. The van der Waals surface area contributed by atoms with Crippen LogP contribution in [0.3, 0.4) is 0 Å². The third-order valence-electron chi connectivity index (χ3n) is 15.2. The van der Waals surface area contributed by atoms with Crippen LogP contribution in [0.1, 0.15) is 312 Å². The second-order valence-electron chi connectivity index (χ2n) is 25.2. The van der Waals surface area contributed by atoms with Crippen LogP contribution in [0.25, 0.3) is 0 Å². The van der Waals surface area contributed by atoms with E-state index in [1.807, 2.05) is 0 Å². The largest absolute Gasteiger partial charge is 0.472 e. The molecular formula is C65H126O17P2. The smallest absolute Gasteiger partial charge is 0.462 e. The number of hydrogen-bond donors (Lipinski definition) is 3. The summed E-state index contributed by atoms with van der Waals surface area (Å²) in [5.74, 6) is 0.771. The standard InChI is InChI=1S/C65H126O17P2/c1-9-58(8)44-36-28-19-14-16-20-29-37-45-62(67)75-51-60(81-64(69)47-39-31-21-12-10-11-17-25-33-41-55(2)3)53-79-83(71,72)77-49-59(66)50-78-84(73,74)80-54-61(52-76-63(68)46-38-30-24-23-27-35-43-57(6)7)82-65(70)48-40-32-22-15-13-18-26-34-42-56(4)5/h55-61,66H,9-54H2,1-8H3,(H,71,72)(H,73,74)/t58?,59-,60-,61-/m1/s1. The molecule has 0 heterocycles. The van der Waals surface area contributed by atoms with Crippen molar-refractivity contribution in [1.29, 1.82) is 0 Å². The van der Waals surface area contributed by atoms with E-state index in [-0.39, 0.29) is 25.7 Å². The number of hydrogen-bond acceptors (Lipinski definition) is 15. The first-order chi connectivity index (χ1) is 40.1. The molecule has 0 radical (unpaired) electrons. The van der Waals surface area contributed by atoms with Crippen LogP contribution in [0.15, 0.2) is 0 Å². The Hall–Kier alpha value is -1.94. The predicted molar refractivity (Wildman–Crippen MR) is 335 cm³/mol. The lowest BCUT2D eigenvalue weighted by Gasteiger charge is -2.21. The van der Waals surface area contributed by atoms with Gasteiger partial charge in [-0.1, -0.05) is 261 Å². The predicted octanol–water partition coefficient (Wildman–Crippen LogP) is 17.8. The average molecular weight is 1240 g/mol. The van der Waals surface area contributed by atoms with E-state index in [2.05, 4.69) is 55.4 Å². The Morgan fingerprint density at radius 2 is 0.571 bits per heavy atom. The fraction of sp³-hybridized carbons (Fsp3) is 0.938. The van der Waals surface area contributed by atoms with Crippen molar-refractivity contribution >= 4 is 39.5 Å². The molecule has 0 aliphatic carbocycles. The normalized spacial score (nSPS) is 14.7. The van der Waals surface area contributed by atoms with Gasteiger partial charge in [0.15, 0.2) is 12.2 Å². The highest BCUT2D eigenvalue weighted by Crippen LogP contribution is 2.45. The van der Waals surface area contributed by atoms with E-state index in [1.165, 1.54) is 109 Å². The molecule has 3 unspecified atom stereocenters. The van der Waals surface area contributed by atoms with Gasteiger partial charge in [-0.25, -0.2) is 9.13 Å². The Balaban J connectivity index is 5.26. The highest BCUT2D eigenvalue weighted by molar-refractivity contribution is 7.47. The first kappa shape index (κ1) is 82.1. The lowest BCUT2D eigenvalue weighted by molar-refractivity contribution is -0.161. The highest BCUT2D eigenvalue weighted by atomic mass is 31.2. The van der Waals surface area contributed by atoms with Gasteiger partial charge < -0.3 is 33.8 Å². The maximum absolute atomic E-state index is 13.0. The molecule has 0 aromatic carbocycles. The fourth-order valence-corrected chi connectivity index (χ4v) is 11.2. The molecule has 0 rings (SSSR count). The minimum absolute atomic E-state index is 0.103. The van der Waals surface area contributed by atoms with Gasteiger partial charge in [0.25, 0.3) is 0 Å². The minimum Gasteiger partial charge on any atom is -0.462 e. The van der Waals surface area contributed by atoms with Crippen LogP contribution >= 0.6 is 15.6 Å². The Bertz CT molecular complexity index is 1680. The molecule has 0 saturated heterocycles. The van der Waals surface area contributed by atoms with Crippen molar-refractivity contribution in [1.82, 2.24) is 0 Å². The van der Waals surface area contributed by atoms with Crippen molar-refractivity contribution in [2.45, 2.75) is 331 Å². The van der Waals surface area contributed by atoms with Crippen LogP contribution in [0.4, 0.5) is 0 Å². The Kier molecular flexibility index (Phi) is 53.9. The summed E-state index contributed by atoms with van der Waals surface area (Å²) in [6, 6.07) is 0. The lowest BCUT2D eigenvalue weighted by Crippen LogP contribution is -2.30. The number of phosphoric ester groups is 2. The number of esters is 4. The van der Waals surface area contributed by atoms with E-state index >= 15 is 0 Å². The fourth-order valence-electron chi connectivity index (χ4n) is 9.57. The molecule has 0 aliphatic heterocycles. The van der Waals surface area contributed by atoms with Gasteiger partial charge in [-0.3, -0.25) is 37.3 Å². The summed E-state index contributed by atoms with van der Waals surface area (Å²) in [5.41, 5.74) is 0. The highest BCUT2D eigenvalue weighted by Gasteiger charge is 2.30. The molecule has 19 heteroatoms. The van der Waals surface area contributed by atoms with Crippen LogP contribution in [0.5, 0.6) is 0 Å². The Labute approximate surface area is 511 Å². The summed E-state index contributed by atoms with van der Waals surface area (Å²) >= 11 is 0. The van der Waals surface area contributed by atoms with Crippen molar-refractivity contribution in [3.63, 3.8) is 0 Å². The summed E-state index contributed by atoms with van der Waals surface area (Å²) in [6.07, 6.45) is 35.0. The van der Waals surface area contributed by atoms with Crippen molar-refractivity contribution in [3.05, 3.63) is 0 Å². The van der Waals surface area contributed by atoms with Crippen molar-refractivity contribution in [2.24, 2.45) is 23.7 Å². The average Bonchev–Trinajstić information content (AvgIpc) is 3.52. The van der Waals surface area contributed by atoms with Crippen LogP contribution in [0.2, 0.25) is 0 Å². The number of aliphatic hydroxyl groups excluding tert-OH is 1. The summed E-state index contributed by atoms with van der Waals surface area (Å²) in [7, 11) is -9.89. The number of rotatable bonds is 62. The summed E-state index contributed by atoms with van der Waals surface area (Å²) in [4.78, 5) is 72.2. The molecule has 6 atom stereocenters. The molecule has 0 saturated carbocycles. The van der Waals surface area contributed by atoms with Gasteiger partial charge in [-0.05, 0) is 49.4 Å². The molecular weight excluding hydrogens is 1110 g/mol. The third-order valence-corrected chi connectivity index (χ3v) is 17.1. The van der Waals surface area contributed by atoms with E-state index in [0.717, 1.165) is 114 Å². The van der Waals surface area contributed by atoms with Gasteiger partial charge in [0.05, 0.1) is 26.4 Å². The van der Waals surface area contributed by atoms with Crippen LogP contribution in [-0.2, 0) is 65.4 Å². The molecule has 0 bridgehead atoms. The number of phosphoric acid groups is 2. The molecule has 3 N–H and O–H groups in total. The van der Waals surface area contributed by atoms with Gasteiger partial charge >= 0.3 is 39.5 Å². The lowest BCUT2D eigenvalue weighted by atomic mass is 9.99. The van der Waals surface area contributed by atoms with E-state index in [1.54, 1.807) is 0 Å². The third kappa shape index (κ3) is 57.8. The zero-order valence-electron chi connectivity index (χ0n) is 54.5. The molecule has 84 heavy (non-hydrogen) atoms. The summed E-state index contributed by atoms with van der Waals surface area (Å²) in [6.45, 7) is 14.0. The van der Waals surface area contributed by atoms with Crippen molar-refractivity contribution in [2.75, 3.05) is 39.6 Å². The zero-order valence-corrected chi connectivity index (χ0v) is 56.3. The number of carbonyl (C=O) groups is 4. The van der Waals surface area contributed by atoms with Gasteiger partial charge in [-0.15, -0.1) is 0 Å². The van der Waals surface area contributed by atoms with Crippen LogP contribution in [-0.4, -0.2) is 96.7 Å². The SMILES string of the molecule is CCC(C)CCCCCCCCCCC(=O)OC[C@H](COP(=O)(O)OC[C@@H](O)COP(=O)(O)OC[C@@H](COC(=O)CCCCCCCCC(C)C)OC(=O)CCCCCCCCCCC(C)C)OC(=O)CCCCCCCCCCCC(C)C. The number of aliphatic hydroxyl groups is 1. The topological polar surface area (TPSA) is 237 Å². The van der Waals surface area contributed by atoms with Crippen LogP contribution in [0, 0.1) is 23.7 Å². The number of unbranched alkanes of at least 4 members (excludes halogenated alkanes) is 27. The monoisotopic (exact) mass is 1240 g/mol. The second-order valence-corrected chi connectivity index (χ2v) is 28.1. The Morgan fingerprint density at radius 1 is 0.333 bits per heavy atom. The minimum atomic E-state index is -4.95. The van der Waals surface area contributed by atoms with E-state index in [9.17, 15) is 43.2 Å². The van der Waals surface area contributed by atoms with E-state index in [4.69, 9.17) is 37.0 Å². The summed E-state index contributed by atoms with van der Waals surface area (Å²) < 4.78 is 68.0. The maximum Gasteiger partial charge on any atom is 0.472 e. The van der Waals surface area contributed by atoms with Gasteiger partial charge in [0.1, 0.15) is 19.3 Å². The van der Waals surface area contributed by atoms with E-state index < -0.39 is 97.5 Å². The second kappa shape index (κ2) is 55.2. The number of carbonyl (C=O) groups excluding carboxylic acids is 4. The van der Waals surface area contributed by atoms with Crippen molar-refractivity contribution in [3.8, 4) is 0 Å². The molecule has 0 spiro atoms. The van der Waals surface area contributed by atoms with Crippen molar-refractivity contribution < 1.29 is 80.2 Å². The first-order valence-electron chi connectivity index (χ1n) is 33.7.